The summed E-state index contributed by atoms with van der Waals surface area (Å²) in [6.45, 7) is 2.95. The van der Waals surface area contributed by atoms with E-state index in [1.54, 1.807) is 6.20 Å². The standard InChI is InChI=1S/C23H27N3O/c27-22(26-14-9-18-5-1-2-6-20(18)26)19-7-8-21(24-17-19)25-15-12-23(13-16-25)10-3-4-11-23/h1-2,5-8,17H,3-4,9-16H2. The van der Waals surface area contributed by atoms with Crippen molar-refractivity contribution in [2.24, 2.45) is 5.41 Å². The van der Waals surface area contributed by atoms with Crippen LogP contribution in [0.1, 0.15) is 54.4 Å². The predicted molar refractivity (Wildman–Crippen MR) is 108 cm³/mol. The molecule has 1 aliphatic carbocycles. The van der Waals surface area contributed by atoms with Crippen LogP contribution in [-0.2, 0) is 6.42 Å². The van der Waals surface area contributed by atoms with E-state index in [1.807, 2.05) is 35.2 Å². The number of pyridine rings is 1. The van der Waals surface area contributed by atoms with Crippen LogP contribution >= 0.6 is 0 Å². The third-order valence-electron chi connectivity index (χ3n) is 6.94. The maximum Gasteiger partial charge on any atom is 0.259 e. The first-order valence-corrected chi connectivity index (χ1v) is 10.3. The largest absolute Gasteiger partial charge is 0.357 e. The minimum atomic E-state index is 0.0579. The Balaban J connectivity index is 1.28. The fraction of sp³-hybridized carbons (Fsp3) is 0.478. The number of benzene rings is 1. The molecule has 1 aromatic heterocycles. The summed E-state index contributed by atoms with van der Waals surface area (Å²) in [6, 6.07) is 12.2. The van der Waals surface area contributed by atoms with Crippen LogP contribution in [0.15, 0.2) is 42.6 Å². The summed E-state index contributed by atoms with van der Waals surface area (Å²) in [5.74, 6) is 1.07. The summed E-state index contributed by atoms with van der Waals surface area (Å²) in [4.78, 5) is 21.9. The number of carbonyl (C=O) groups is 1. The lowest BCUT2D eigenvalue weighted by Gasteiger charge is -2.40. The van der Waals surface area contributed by atoms with Crippen LogP contribution in [0.2, 0.25) is 0 Å². The quantitative estimate of drug-likeness (QED) is 0.793. The zero-order valence-corrected chi connectivity index (χ0v) is 15.9. The van der Waals surface area contributed by atoms with Crippen molar-refractivity contribution < 1.29 is 4.79 Å². The van der Waals surface area contributed by atoms with Crippen molar-refractivity contribution in [3.63, 3.8) is 0 Å². The molecule has 1 saturated carbocycles. The van der Waals surface area contributed by atoms with Gasteiger partial charge in [-0.3, -0.25) is 4.79 Å². The first-order chi connectivity index (χ1) is 13.2. The van der Waals surface area contributed by atoms with E-state index >= 15 is 0 Å². The summed E-state index contributed by atoms with van der Waals surface area (Å²) >= 11 is 0. The molecule has 2 aliphatic heterocycles. The molecule has 3 aliphatic rings. The Morgan fingerprint density at radius 2 is 1.70 bits per heavy atom. The van der Waals surface area contributed by atoms with E-state index in [1.165, 1.54) is 44.1 Å². The van der Waals surface area contributed by atoms with E-state index < -0.39 is 0 Å². The molecule has 1 amide bonds. The number of hydrogen-bond acceptors (Lipinski definition) is 3. The van der Waals surface area contributed by atoms with Crippen molar-refractivity contribution in [3.05, 3.63) is 53.7 Å². The molecule has 0 unspecified atom stereocenters. The fourth-order valence-corrected chi connectivity index (χ4v) is 5.24. The Labute approximate surface area is 161 Å². The Morgan fingerprint density at radius 3 is 2.44 bits per heavy atom. The van der Waals surface area contributed by atoms with E-state index in [0.717, 1.165) is 37.6 Å². The molecule has 2 aromatic rings. The van der Waals surface area contributed by atoms with Crippen molar-refractivity contribution in [2.75, 3.05) is 29.4 Å². The minimum Gasteiger partial charge on any atom is -0.357 e. The molecule has 4 nitrogen and oxygen atoms in total. The van der Waals surface area contributed by atoms with Gasteiger partial charge in [0.2, 0.25) is 0 Å². The maximum atomic E-state index is 12.9. The van der Waals surface area contributed by atoms with Gasteiger partial charge in [0.1, 0.15) is 5.82 Å². The zero-order chi connectivity index (χ0) is 18.3. The topological polar surface area (TPSA) is 36.4 Å². The molecule has 4 heteroatoms. The second-order valence-corrected chi connectivity index (χ2v) is 8.43. The van der Waals surface area contributed by atoms with Gasteiger partial charge in [-0.05, 0) is 61.3 Å². The number of hydrogen-bond donors (Lipinski definition) is 0. The molecule has 0 N–H and O–H groups in total. The van der Waals surface area contributed by atoms with Gasteiger partial charge in [0.25, 0.3) is 5.91 Å². The minimum absolute atomic E-state index is 0.0579. The van der Waals surface area contributed by atoms with E-state index in [9.17, 15) is 4.79 Å². The Kier molecular flexibility index (Phi) is 4.14. The van der Waals surface area contributed by atoms with Crippen LogP contribution in [0.25, 0.3) is 0 Å². The van der Waals surface area contributed by atoms with Crippen LogP contribution in [0, 0.1) is 5.41 Å². The molecule has 1 saturated heterocycles. The molecule has 0 radical (unpaired) electrons. The van der Waals surface area contributed by atoms with Gasteiger partial charge in [0.15, 0.2) is 0 Å². The number of carbonyl (C=O) groups excluding carboxylic acids is 1. The molecular weight excluding hydrogens is 334 g/mol. The van der Waals surface area contributed by atoms with Gasteiger partial charge < -0.3 is 9.80 Å². The Hall–Kier alpha value is -2.36. The fourth-order valence-electron chi connectivity index (χ4n) is 5.24. The first kappa shape index (κ1) is 16.8. The first-order valence-electron chi connectivity index (χ1n) is 10.3. The van der Waals surface area contributed by atoms with Crippen LogP contribution in [0.5, 0.6) is 0 Å². The molecular formula is C23H27N3O. The number of fused-ring (bicyclic) bond motifs is 1. The van der Waals surface area contributed by atoms with Crippen molar-refractivity contribution in [3.8, 4) is 0 Å². The number of nitrogens with zero attached hydrogens (tertiary/aromatic N) is 3. The second-order valence-electron chi connectivity index (χ2n) is 8.43. The highest BCUT2D eigenvalue weighted by atomic mass is 16.2. The Bertz CT molecular complexity index is 829. The smallest absolute Gasteiger partial charge is 0.259 e. The molecule has 140 valence electrons. The Morgan fingerprint density at radius 1 is 0.926 bits per heavy atom. The van der Waals surface area contributed by atoms with Crippen LogP contribution in [-0.4, -0.2) is 30.5 Å². The number of anilines is 2. The lowest BCUT2D eigenvalue weighted by Crippen LogP contribution is -2.39. The summed E-state index contributed by atoms with van der Waals surface area (Å²) < 4.78 is 0. The van der Waals surface area contributed by atoms with Crippen molar-refractivity contribution in [1.82, 2.24) is 4.98 Å². The number of para-hydroxylation sites is 1. The number of piperidine rings is 1. The third-order valence-corrected chi connectivity index (χ3v) is 6.94. The summed E-state index contributed by atoms with van der Waals surface area (Å²) in [5, 5.41) is 0. The molecule has 3 heterocycles. The molecule has 0 bridgehead atoms. The van der Waals surface area contributed by atoms with Gasteiger partial charge in [0, 0.05) is 31.5 Å². The maximum absolute atomic E-state index is 12.9. The number of amides is 1. The van der Waals surface area contributed by atoms with Crippen LogP contribution < -0.4 is 9.80 Å². The third kappa shape index (κ3) is 3.01. The van der Waals surface area contributed by atoms with Crippen LogP contribution in [0.3, 0.4) is 0 Å². The SMILES string of the molecule is O=C(c1ccc(N2CCC3(CCCC3)CC2)nc1)N1CCc2ccccc21. The van der Waals surface area contributed by atoms with Gasteiger partial charge in [-0.2, -0.15) is 0 Å². The molecule has 5 rings (SSSR count). The molecule has 27 heavy (non-hydrogen) atoms. The van der Waals surface area contributed by atoms with Gasteiger partial charge in [-0.1, -0.05) is 31.0 Å². The highest BCUT2D eigenvalue weighted by Gasteiger charge is 2.37. The van der Waals surface area contributed by atoms with Crippen molar-refractivity contribution in [1.29, 1.82) is 0 Å². The number of rotatable bonds is 2. The van der Waals surface area contributed by atoms with E-state index in [-0.39, 0.29) is 5.91 Å². The van der Waals surface area contributed by atoms with E-state index in [0.29, 0.717) is 11.0 Å². The van der Waals surface area contributed by atoms with Crippen LogP contribution in [0.4, 0.5) is 11.5 Å². The van der Waals surface area contributed by atoms with Crippen molar-refractivity contribution in [2.45, 2.75) is 44.9 Å². The van der Waals surface area contributed by atoms with Crippen molar-refractivity contribution >= 4 is 17.4 Å². The lowest BCUT2D eigenvalue weighted by molar-refractivity contribution is 0.0989. The molecule has 2 fully saturated rings. The molecule has 1 spiro atoms. The van der Waals surface area contributed by atoms with Gasteiger partial charge in [-0.15, -0.1) is 0 Å². The second kappa shape index (κ2) is 6.66. The summed E-state index contributed by atoms with van der Waals surface area (Å²) in [7, 11) is 0. The normalized spacial score (nSPS) is 20.9. The molecule has 0 atom stereocenters. The summed E-state index contributed by atoms with van der Waals surface area (Å²) in [5.41, 5.74) is 3.60. The monoisotopic (exact) mass is 361 g/mol. The van der Waals surface area contributed by atoms with Gasteiger partial charge >= 0.3 is 0 Å². The lowest BCUT2D eigenvalue weighted by atomic mass is 9.77. The summed E-state index contributed by atoms with van der Waals surface area (Å²) in [6.07, 6.45) is 10.9. The average molecular weight is 361 g/mol. The van der Waals surface area contributed by atoms with E-state index in [2.05, 4.69) is 16.0 Å². The van der Waals surface area contributed by atoms with Gasteiger partial charge in [0.05, 0.1) is 5.56 Å². The van der Waals surface area contributed by atoms with E-state index in [4.69, 9.17) is 0 Å². The highest BCUT2D eigenvalue weighted by Crippen LogP contribution is 2.46. The van der Waals surface area contributed by atoms with Gasteiger partial charge in [-0.25, -0.2) is 4.98 Å². The zero-order valence-electron chi connectivity index (χ0n) is 15.9. The predicted octanol–water partition coefficient (Wildman–Crippen LogP) is 4.45. The average Bonchev–Trinajstić information content (AvgIpc) is 3.36. The molecule has 1 aromatic carbocycles. The number of aromatic nitrogens is 1. The highest BCUT2D eigenvalue weighted by molar-refractivity contribution is 6.07.